The molecular weight excluding hydrogens is 389 g/mol. The number of amides is 2. The normalized spacial score (nSPS) is 14.1. The number of halogens is 3. The van der Waals surface area contributed by atoms with E-state index in [1.807, 2.05) is 6.07 Å². The molecule has 0 aromatic heterocycles. The summed E-state index contributed by atoms with van der Waals surface area (Å²) in [6.07, 6.45) is -2.41. The molecule has 0 atom stereocenters. The number of rotatable bonds is 5. The average Bonchev–Trinajstić information content (AvgIpc) is 3.49. The molecule has 1 aliphatic carbocycles. The van der Waals surface area contributed by atoms with Crippen LogP contribution in [0.25, 0.3) is 0 Å². The molecule has 0 unspecified atom stereocenters. The van der Waals surface area contributed by atoms with Gasteiger partial charge in [0.15, 0.2) is 0 Å². The zero-order valence-electron chi connectivity index (χ0n) is 15.2. The number of hydrazine groups is 2. The minimum Gasteiger partial charge on any atom is -0.264 e. The fourth-order valence-electron chi connectivity index (χ4n) is 3.00. The maximum absolute atomic E-state index is 13.3. The average molecular weight is 410 g/mol. The van der Waals surface area contributed by atoms with Crippen LogP contribution in [0, 0.1) is 0 Å². The molecule has 1 saturated carbocycles. The van der Waals surface area contributed by atoms with Crippen molar-refractivity contribution in [3.05, 3.63) is 59.2 Å². The number of anilines is 1. The Morgan fingerprint density at radius 3 is 2.43 bits per heavy atom. The predicted molar refractivity (Wildman–Crippen MR) is 103 cm³/mol. The van der Waals surface area contributed by atoms with E-state index in [0.29, 0.717) is 11.6 Å². The largest absolute Gasteiger partial charge is 0.417 e. The molecule has 0 radical (unpaired) electrons. The Morgan fingerprint density at radius 1 is 1.14 bits per heavy atom. The predicted octanol–water partition coefficient (Wildman–Crippen LogP) is 4.48. The second-order valence-corrected chi connectivity index (χ2v) is 7.68. The van der Waals surface area contributed by atoms with Gasteiger partial charge in [0.05, 0.1) is 11.3 Å². The smallest absolute Gasteiger partial charge is 0.264 e. The second kappa shape index (κ2) is 8.02. The van der Waals surface area contributed by atoms with Crippen LogP contribution in [0.1, 0.15) is 35.4 Å². The Morgan fingerprint density at radius 2 is 1.82 bits per heavy atom. The van der Waals surface area contributed by atoms with E-state index in [9.17, 15) is 18.0 Å². The van der Waals surface area contributed by atoms with Gasteiger partial charge in [-0.05, 0) is 48.1 Å². The van der Waals surface area contributed by atoms with E-state index in [-0.39, 0.29) is 10.6 Å². The molecular formula is C19H21F3N4OS. The summed E-state index contributed by atoms with van der Waals surface area (Å²) in [4.78, 5) is 12.3. The third-order valence-electron chi connectivity index (χ3n) is 4.54. The summed E-state index contributed by atoms with van der Waals surface area (Å²) >= 11 is 1.08. The van der Waals surface area contributed by atoms with Crippen LogP contribution in [0.5, 0.6) is 0 Å². The van der Waals surface area contributed by atoms with Crippen molar-refractivity contribution in [2.75, 3.05) is 12.1 Å². The summed E-state index contributed by atoms with van der Waals surface area (Å²) in [5, 5.41) is 1.80. The van der Waals surface area contributed by atoms with Crippen LogP contribution in [0.4, 0.5) is 23.7 Å². The lowest BCUT2D eigenvalue weighted by molar-refractivity contribution is -0.139. The molecule has 0 aliphatic heterocycles. The summed E-state index contributed by atoms with van der Waals surface area (Å²) < 4.78 is 39.9. The van der Waals surface area contributed by atoms with Crippen molar-refractivity contribution >= 4 is 23.5 Å². The van der Waals surface area contributed by atoms with Crippen molar-refractivity contribution in [2.24, 2.45) is 11.7 Å². The third kappa shape index (κ3) is 4.43. The van der Waals surface area contributed by atoms with Crippen molar-refractivity contribution in [3.8, 4) is 0 Å². The van der Waals surface area contributed by atoms with E-state index in [0.717, 1.165) is 51.8 Å². The monoisotopic (exact) mass is 410 g/mol. The molecule has 0 spiro atoms. The zero-order valence-corrected chi connectivity index (χ0v) is 16.1. The molecule has 4 N–H and O–H groups in total. The van der Waals surface area contributed by atoms with Gasteiger partial charge in [-0.3, -0.25) is 5.01 Å². The number of hydrogen-bond donors (Lipinski definition) is 2. The van der Waals surface area contributed by atoms with Gasteiger partial charge in [-0.25, -0.2) is 21.5 Å². The first kappa shape index (κ1) is 20.5. The molecule has 0 heterocycles. The topological polar surface area (TPSA) is 75.6 Å². The number of nitrogens with two attached hydrogens (primary N) is 2. The standard InChI is InChI=1S/C19H21F3N4OS/c1-25(23)18(27)26(24)16-7-4-5-13(12-9-10-12)14(16)11-28-17-8-3-2-6-15(17)19(20,21)22/h2-8,12H,9-11,23-24H2,1H3. The molecule has 1 fully saturated rings. The molecule has 28 heavy (non-hydrogen) atoms. The second-order valence-electron chi connectivity index (χ2n) is 6.67. The molecule has 9 heteroatoms. The molecule has 5 nitrogen and oxygen atoms in total. The third-order valence-corrected chi connectivity index (χ3v) is 5.64. The Labute approximate surface area is 165 Å². The van der Waals surface area contributed by atoms with Gasteiger partial charge in [-0.1, -0.05) is 24.3 Å². The minimum atomic E-state index is -4.43. The molecule has 2 aromatic rings. The fourth-order valence-corrected chi connectivity index (χ4v) is 4.13. The van der Waals surface area contributed by atoms with E-state index >= 15 is 0 Å². The Bertz CT molecular complexity index is 868. The van der Waals surface area contributed by atoms with Gasteiger partial charge in [0.1, 0.15) is 0 Å². The van der Waals surface area contributed by atoms with Crippen molar-refractivity contribution in [1.82, 2.24) is 5.01 Å². The molecule has 150 valence electrons. The number of thioether (sulfide) groups is 1. The van der Waals surface area contributed by atoms with Gasteiger partial charge >= 0.3 is 12.2 Å². The maximum atomic E-state index is 13.3. The molecule has 0 bridgehead atoms. The number of alkyl halides is 3. The number of nitrogens with zero attached hydrogens (tertiary/aromatic N) is 2. The summed E-state index contributed by atoms with van der Waals surface area (Å²) in [5.74, 6) is 12.1. The number of hydrogen-bond acceptors (Lipinski definition) is 4. The van der Waals surface area contributed by atoms with Gasteiger partial charge in [-0.15, -0.1) is 11.8 Å². The highest BCUT2D eigenvalue weighted by Gasteiger charge is 2.34. The molecule has 3 rings (SSSR count). The van der Waals surface area contributed by atoms with Crippen molar-refractivity contribution < 1.29 is 18.0 Å². The van der Waals surface area contributed by atoms with Crippen LogP contribution in [0.15, 0.2) is 47.4 Å². The lowest BCUT2D eigenvalue weighted by Crippen LogP contribution is -2.49. The fraction of sp³-hybridized carbons (Fsp3) is 0.316. The summed E-state index contributed by atoms with van der Waals surface area (Å²) in [6.45, 7) is 0. The van der Waals surface area contributed by atoms with Gasteiger partial charge < -0.3 is 0 Å². The first-order chi connectivity index (χ1) is 13.2. The Kier molecular flexibility index (Phi) is 5.87. The molecule has 0 saturated heterocycles. The summed E-state index contributed by atoms with van der Waals surface area (Å²) in [5.41, 5.74) is 1.54. The van der Waals surface area contributed by atoms with Crippen LogP contribution in [0.3, 0.4) is 0 Å². The van der Waals surface area contributed by atoms with Gasteiger partial charge in [0, 0.05) is 17.7 Å². The minimum absolute atomic E-state index is 0.136. The highest BCUT2D eigenvalue weighted by atomic mass is 32.2. The summed E-state index contributed by atoms with van der Waals surface area (Å²) in [6, 6.07) is 10.3. The van der Waals surface area contributed by atoms with E-state index in [1.54, 1.807) is 18.2 Å². The van der Waals surface area contributed by atoms with Crippen molar-refractivity contribution in [2.45, 2.75) is 35.6 Å². The first-order valence-corrected chi connectivity index (χ1v) is 9.66. The molecule has 2 aromatic carbocycles. The SMILES string of the molecule is CN(N)C(=O)N(N)c1cccc(C2CC2)c1CSc1ccccc1C(F)(F)F. The summed E-state index contributed by atoms with van der Waals surface area (Å²) in [7, 11) is 1.38. The van der Waals surface area contributed by atoms with Crippen LogP contribution in [-0.4, -0.2) is 18.1 Å². The lowest BCUT2D eigenvalue weighted by atomic mass is 10.0. The highest BCUT2D eigenvalue weighted by Crippen LogP contribution is 2.46. The van der Waals surface area contributed by atoms with Crippen LogP contribution >= 0.6 is 11.8 Å². The van der Waals surface area contributed by atoms with Crippen molar-refractivity contribution in [3.63, 3.8) is 0 Å². The Balaban J connectivity index is 1.95. The number of urea groups is 1. The Hall–Kier alpha value is -2.23. The van der Waals surface area contributed by atoms with Crippen LogP contribution in [0.2, 0.25) is 0 Å². The van der Waals surface area contributed by atoms with E-state index in [4.69, 9.17) is 11.7 Å². The number of carbonyl (C=O) groups is 1. The highest BCUT2D eigenvalue weighted by molar-refractivity contribution is 7.98. The lowest BCUT2D eigenvalue weighted by Gasteiger charge is -2.25. The van der Waals surface area contributed by atoms with E-state index in [1.165, 1.54) is 19.2 Å². The zero-order chi connectivity index (χ0) is 20.5. The van der Waals surface area contributed by atoms with Gasteiger partial charge in [0.2, 0.25) is 0 Å². The molecule has 1 aliphatic rings. The number of carbonyl (C=O) groups excluding carboxylic acids is 1. The van der Waals surface area contributed by atoms with E-state index in [2.05, 4.69) is 0 Å². The maximum Gasteiger partial charge on any atom is 0.417 e. The van der Waals surface area contributed by atoms with Crippen molar-refractivity contribution in [1.29, 1.82) is 0 Å². The first-order valence-electron chi connectivity index (χ1n) is 8.68. The quantitative estimate of drug-likeness (QED) is 0.330. The van der Waals surface area contributed by atoms with E-state index < -0.39 is 17.8 Å². The van der Waals surface area contributed by atoms with Crippen LogP contribution < -0.4 is 16.7 Å². The van der Waals surface area contributed by atoms with Gasteiger partial charge in [-0.2, -0.15) is 13.2 Å². The van der Waals surface area contributed by atoms with Crippen LogP contribution in [-0.2, 0) is 11.9 Å². The molecule has 2 amide bonds. The number of benzene rings is 2. The van der Waals surface area contributed by atoms with Gasteiger partial charge in [0.25, 0.3) is 0 Å².